The van der Waals surface area contributed by atoms with Crippen molar-refractivity contribution in [3.63, 3.8) is 0 Å². The van der Waals surface area contributed by atoms with Gasteiger partial charge in [0.1, 0.15) is 11.2 Å². The molecule has 0 aliphatic rings. The van der Waals surface area contributed by atoms with E-state index in [-0.39, 0.29) is 0 Å². The van der Waals surface area contributed by atoms with Gasteiger partial charge in [0.25, 0.3) is 0 Å². The van der Waals surface area contributed by atoms with Gasteiger partial charge in [0.05, 0.1) is 0 Å². The zero-order chi connectivity index (χ0) is 6.78. The number of hydrogen-bond acceptors (Lipinski definition) is 2. The molecule has 0 N–H and O–H groups in total. The molecule has 0 aromatic carbocycles. The monoisotopic (exact) mass is 146 g/mol. The maximum absolute atomic E-state index is 10.9. The topological polar surface area (TPSA) is 40.1 Å². The summed E-state index contributed by atoms with van der Waals surface area (Å²) in [6.45, 7) is 0. The van der Waals surface area contributed by atoms with Crippen LogP contribution in [0.2, 0.25) is 0 Å². The SMILES string of the molecule is O=C[S+]([O-])C(F)(F)F. The van der Waals surface area contributed by atoms with Crippen LogP contribution in [0, 0.1) is 0 Å². The van der Waals surface area contributed by atoms with Crippen molar-refractivity contribution in [1.82, 2.24) is 0 Å². The summed E-state index contributed by atoms with van der Waals surface area (Å²) in [5, 5.41) is 0. The molecule has 0 radical (unpaired) electrons. The Morgan fingerprint density at radius 2 is 1.88 bits per heavy atom. The van der Waals surface area contributed by atoms with Crippen LogP contribution in [0.15, 0.2) is 0 Å². The first kappa shape index (κ1) is 7.77. The molecule has 0 spiro atoms. The van der Waals surface area contributed by atoms with Gasteiger partial charge in [-0.3, -0.25) is 0 Å². The van der Waals surface area contributed by atoms with Crippen molar-refractivity contribution in [3.05, 3.63) is 0 Å². The fourth-order valence-electron chi connectivity index (χ4n) is 0.0546. The molecule has 0 heterocycles. The second-order valence-corrected chi connectivity index (χ2v) is 2.09. The first-order valence-corrected chi connectivity index (χ1v) is 2.62. The minimum Gasteiger partial charge on any atom is -0.602 e. The Bertz CT molecular complexity index is 89.8. The molecule has 6 heteroatoms. The number of hydrogen-bond donors (Lipinski definition) is 0. The predicted molar refractivity (Wildman–Crippen MR) is 20.9 cm³/mol. The minimum absolute atomic E-state index is 0.653. The van der Waals surface area contributed by atoms with Crippen LogP contribution in [-0.4, -0.2) is 15.7 Å². The summed E-state index contributed by atoms with van der Waals surface area (Å²) >= 11 is -3.32. The Morgan fingerprint density at radius 1 is 1.50 bits per heavy atom. The van der Waals surface area contributed by atoms with E-state index in [1.54, 1.807) is 0 Å². The zero-order valence-corrected chi connectivity index (χ0v) is 4.25. The van der Waals surface area contributed by atoms with Crippen molar-refractivity contribution in [2.75, 3.05) is 0 Å². The second kappa shape index (κ2) is 2.36. The normalized spacial score (nSPS) is 15.5. The van der Waals surface area contributed by atoms with E-state index >= 15 is 0 Å². The summed E-state index contributed by atoms with van der Waals surface area (Å²) in [6, 6.07) is 0. The Morgan fingerprint density at radius 3 is 1.88 bits per heavy atom. The molecule has 8 heavy (non-hydrogen) atoms. The molecule has 48 valence electrons. The van der Waals surface area contributed by atoms with Crippen molar-refractivity contribution in [1.29, 1.82) is 0 Å². The quantitative estimate of drug-likeness (QED) is 0.398. The van der Waals surface area contributed by atoms with E-state index in [1.165, 1.54) is 0 Å². The lowest BCUT2D eigenvalue weighted by Gasteiger charge is -2.02. The van der Waals surface area contributed by atoms with Gasteiger partial charge < -0.3 is 4.55 Å². The molecule has 0 aromatic rings. The van der Waals surface area contributed by atoms with E-state index in [0.717, 1.165) is 0 Å². The van der Waals surface area contributed by atoms with E-state index in [1.807, 2.05) is 0 Å². The lowest BCUT2D eigenvalue weighted by atomic mass is 11.6. The molecular formula is C2HF3O2S. The maximum Gasteiger partial charge on any atom is 0.580 e. The molecule has 0 saturated heterocycles. The number of alkyl halides is 3. The molecule has 0 saturated carbocycles. The minimum atomic E-state index is -4.89. The molecule has 0 bridgehead atoms. The highest BCUT2D eigenvalue weighted by molar-refractivity contribution is 8.04. The first-order chi connectivity index (χ1) is 3.48. The first-order valence-electron chi connectivity index (χ1n) is 1.41. The highest BCUT2D eigenvalue weighted by Gasteiger charge is 2.44. The van der Waals surface area contributed by atoms with E-state index in [9.17, 15) is 17.7 Å². The van der Waals surface area contributed by atoms with Gasteiger partial charge in [-0.25, -0.2) is 4.79 Å². The molecule has 0 amide bonds. The number of carbonyl (C=O) groups is 1. The second-order valence-electron chi connectivity index (χ2n) is 0.839. The summed E-state index contributed by atoms with van der Waals surface area (Å²) in [6.07, 6.45) is 0. The van der Waals surface area contributed by atoms with Crippen LogP contribution in [0.25, 0.3) is 0 Å². The molecular weight excluding hydrogens is 145 g/mol. The molecule has 1 unspecified atom stereocenters. The van der Waals surface area contributed by atoms with E-state index < -0.39 is 22.3 Å². The average Bonchev–Trinajstić information content (AvgIpc) is 1.62. The molecule has 0 aliphatic carbocycles. The molecule has 2 nitrogen and oxygen atoms in total. The van der Waals surface area contributed by atoms with Crippen molar-refractivity contribution >= 4 is 16.8 Å². The third kappa shape index (κ3) is 2.17. The van der Waals surface area contributed by atoms with Crippen LogP contribution in [0.1, 0.15) is 0 Å². The lowest BCUT2D eigenvalue weighted by Crippen LogP contribution is -2.23. The van der Waals surface area contributed by atoms with Crippen molar-refractivity contribution in [2.45, 2.75) is 5.51 Å². The predicted octanol–water partition coefficient (Wildman–Crippen LogP) is 0.445. The van der Waals surface area contributed by atoms with Crippen molar-refractivity contribution in [2.24, 2.45) is 0 Å². The average molecular weight is 146 g/mol. The third-order valence-corrected chi connectivity index (χ3v) is 0.947. The van der Waals surface area contributed by atoms with E-state index in [4.69, 9.17) is 4.79 Å². The Balaban J connectivity index is 3.80. The lowest BCUT2D eigenvalue weighted by molar-refractivity contribution is -0.0416. The van der Waals surface area contributed by atoms with Crippen molar-refractivity contribution < 1.29 is 22.5 Å². The number of carbonyl (C=O) groups excluding carboxylic acids is 1. The van der Waals surface area contributed by atoms with Gasteiger partial charge >= 0.3 is 11.1 Å². The van der Waals surface area contributed by atoms with Crippen LogP contribution in [-0.2, 0) is 16.0 Å². The van der Waals surface area contributed by atoms with Gasteiger partial charge in [-0.1, -0.05) is 0 Å². The summed E-state index contributed by atoms with van der Waals surface area (Å²) in [4.78, 5) is 9.13. The molecule has 0 rings (SSSR count). The Hall–Kier alpha value is -0.230. The number of halogens is 3. The van der Waals surface area contributed by atoms with Crippen LogP contribution in [0.4, 0.5) is 13.2 Å². The van der Waals surface area contributed by atoms with Gasteiger partial charge in [0.15, 0.2) is 0 Å². The van der Waals surface area contributed by atoms with Crippen LogP contribution < -0.4 is 0 Å². The molecule has 1 atom stereocenters. The standard InChI is InChI=1S/C2HF3O2S/c3-2(4,5)8(7)1-6/h1H. The fourth-order valence-corrected chi connectivity index (χ4v) is 0.164. The summed E-state index contributed by atoms with van der Waals surface area (Å²) < 4.78 is 42.2. The largest absolute Gasteiger partial charge is 0.602 e. The summed E-state index contributed by atoms with van der Waals surface area (Å²) in [5.74, 6) is 0. The van der Waals surface area contributed by atoms with Crippen LogP contribution in [0.3, 0.4) is 0 Å². The number of rotatable bonds is 1. The van der Waals surface area contributed by atoms with Gasteiger partial charge in [-0.05, 0) is 0 Å². The maximum atomic E-state index is 10.9. The van der Waals surface area contributed by atoms with Crippen LogP contribution >= 0.6 is 0 Å². The highest BCUT2D eigenvalue weighted by Crippen LogP contribution is 2.21. The van der Waals surface area contributed by atoms with E-state index in [0.29, 0.717) is 0 Å². The van der Waals surface area contributed by atoms with Gasteiger partial charge in [0.2, 0.25) is 0 Å². The highest BCUT2D eigenvalue weighted by atomic mass is 32.2. The third-order valence-electron chi connectivity index (χ3n) is 0.316. The zero-order valence-electron chi connectivity index (χ0n) is 3.44. The summed E-state index contributed by atoms with van der Waals surface area (Å²) in [5.41, 5.74) is -5.54. The fraction of sp³-hybridized carbons (Fsp3) is 0.500. The molecule has 0 aliphatic heterocycles. The van der Waals surface area contributed by atoms with E-state index in [2.05, 4.69) is 0 Å². The van der Waals surface area contributed by atoms with Gasteiger partial charge in [0, 0.05) is 0 Å². The smallest absolute Gasteiger partial charge is 0.580 e. The van der Waals surface area contributed by atoms with Gasteiger partial charge in [-0.2, -0.15) is 0 Å². The molecule has 0 aromatic heterocycles. The van der Waals surface area contributed by atoms with Crippen LogP contribution in [0.5, 0.6) is 0 Å². The molecule has 0 fully saturated rings. The van der Waals surface area contributed by atoms with Gasteiger partial charge in [-0.15, -0.1) is 13.2 Å². The Kier molecular flexibility index (Phi) is 2.29. The van der Waals surface area contributed by atoms with Crippen molar-refractivity contribution in [3.8, 4) is 0 Å². The summed E-state index contributed by atoms with van der Waals surface area (Å²) in [7, 11) is 0. The Labute approximate surface area is 45.9 Å².